The van der Waals surface area contributed by atoms with Gasteiger partial charge in [-0.25, -0.2) is 9.97 Å². The fraction of sp³-hybridized carbons (Fsp3) is 0.158. The SMILES string of the molecule is CCOc1ccc(Nc2ncnc(NCc3ccccc3Cl)c2N)cc1. The molecule has 3 rings (SSSR count). The number of rotatable bonds is 7. The van der Waals surface area contributed by atoms with E-state index in [0.29, 0.717) is 35.5 Å². The van der Waals surface area contributed by atoms with E-state index >= 15 is 0 Å². The maximum absolute atomic E-state index is 6.20. The van der Waals surface area contributed by atoms with Gasteiger partial charge in [0.15, 0.2) is 11.6 Å². The topological polar surface area (TPSA) is 85.1 Å². The Hall–Kier alpha value is -2.99. The van der Waals surface area contributed by atoms with Gasteiger partial charge in [-0.3, -0.25) is 0 Å². The predicted octanol–water partition coefficient (Wildman–Crippen LogP) is 4.47. The number of nitrogens with two attached hydrogens (primary N) is 1. The van der Waals surface area contributed by atoms with E-state index in [1.807, 2.05) is 55.5 Å². The molecule has 0 radical (unpaired) electrons. The van der Waals surface area contributed by atoms with Gasteiger partial charge >= 0.3 is 0 Å². The molecule has 26 heavy (non-hydrogen) atoms. The van der Waals surface area contributed by atoms with Gasteiger partial charge < -0.3 is 21.1 Å². The highest BCUT2D eigenvalue weighted by Crippen LogP contribution is 2.27. The Bertz CT molecular complexity index is 870. The summed E-state index contributed by atoms with van der Waals surface area (Å²) in [5.41, 5.74) is 8.46. The van der Waals surface area contributed by atoms with E-state index in [2.05, 4.69) is 20.6 Å². The normalized spacial score (nSPS) is 10.4. The van der Waals surface area contributed by atoms with E-state index in [0.717, 1.165) is 17.0 Å². The van der Waals surface area contributed by atoms with Crippen LogP contribution in [0.5, 0.6) is 5.75 Å². The van der Waals surface area contributed by atoms with Gasteiger partial charge in [-0.1, -0.05) is 29.8 Å². The molecule has 0 atom stereocenters. The number of nitrogen functional groups attached to an aromatic ring is 1. The number of hydrogen-bond acceptors (Lipinski definition) is 6. The molecule has 0 aliphatic heterocycles. The van der Waals surface area contributed by atoms with E-state index < -0.39 is 0 Å². The minimum absolute atomic E-state index is 0.438. The fourth-order valence-corrected chi connectivity index (χ4v) is 2.60. The molecule has 0 aliphatic rings. The number of halogens is 1. The molecule has 0 aliphatic carbocycles. The summed E-state index contributed by atoms with van der Waals surface area (Å²) in [7, 11) is 0. The van der Waals surface area contributed by atoms with Gasteiger partial charge in [0.05, 0.1) is 6.61 Å². The molecule has 6 nitrogen and oxygen atoms in total. The fourth-order valence-electron chi connectivity index (χ4n) is 2.39. The first kappa shape index (κ1) is 17.8. The number of aromatic nitrogens is 2. The Kier molecular flexibility index (Phi) is 5.76. The summed E-state index contributed by atoms with van der Waals surface area (Å²) < 4.78 is 5.44. The summed E-state index contributed by atoms with van der Waals surface area (Å²) in [5, 5.41) is 7.09. The second-order valence-electron chi connectivity index (χ2n) is 5.51. The molecule has 1 aromatic heterocycles. The van der Waals surface area contributed by atoms with Gasteiger partial charge in [-0.15, -0.1) is 0 Å². The van der Waals surface area contributed by atoms with Crippen molar-refractivity contribution in [2.45, 2.75) is 13.5 Å². The van der Waals surface area contributed by atoms with Crippen LogP contribution in [0.2, 0.25) is 5.02 Å². The number of hydrogen-bond donors (Lipinski definition) is 3. The monoisotopic (exact) mass is 369 g/mol. The molecule has 0 spiro atoms. The third kappa shape index (κ3) is 4.34. The van der Waals surface area contributed by atoms with E-state index in [1.54, 1.807) is 0 Å². The lowest BCUT2D eigenvalue weighted by Crippen LogP contribution is -2.08. The van der Waals surface area contributed by atoms with Crippen LogP contribution in [0.4, 0.5) is 23.0 Å². The summed E-state index contributed by atoms with van der Waals surface area (Å²) in [6.45, 7) is 3.10. The molecular formula is C19H20ClN5O. The van der Waals surface area contributed by atoms with Crippen molar-refractivity contribution in [3.63, 3.8) is 0 Å². The van der Waals surface area contributed by atoms with Gasteiger partial charge in [0.25, 0.3) is 0 Å². The lowest BCUT2D eigenvalue weighted by atomic mass is 10.2. The Morgan fingerprint density at radius 1 is 1.04 bits per heavy atom. The van der Waals surface area contributed by atoms with Gasteiger partial charge in [-0.2, -0.15) is 0 Å². The summed E-state index contributed by atoms with van der Waals surface area (Å²) in [6, 6.07) is 15.2. The first-order valence-corrected chi connectivity index (χ1v) is 8.62. The average molecular weight is 370 g/mol. The van der Waals surface area contributed by atoms with E-state index in [4.69, 9.17) is 22.1 Å². The molecular weight excluding hydrogens is 350 g/mol. The minimum atomic E-state index is 0.438. The quantitative estimate of drug-likeness (QED) is 0.570. The molecule has 1 heterocycles. The maximum Gasteiger partial charge on any atom is 0.159 e. The summed E-state index contributed by atoms with van der Waals surface area (Å²) >= 11 is 6.18. The molecule has 3 aromatic rings. The lowest BCUT2D eigenvalue weighted by molar-refractivity contribution is 0.340. The van der Waals surface area contributed by atoms with Gasteiger partial charge in [0, 0.05) is 17.3 Å². The zero-order valence-electron chi connectivity index (χ0n) is 14.4. The molecule has 134 valence electrons. The largest absolute Gasteiger partial charge is 0.494 e. The smallest absolute Gasteiger partial charge is 0.159 e. The first-order chi connectivity index (χ1) is 12.7. The molecule has 0 unspecified atom stereocenters. The van der Waals surface area contributed by atoms with Crippen molar-refractivity contribution in [1.29, 1.82) is 0 Å². The van der Waals surface area contributed by atoms with Crippen molar-refractivity contribution in [3.8, 4) is 5.75 Å². The number of ether oxygens (including phenoxy) is 1. The molecule has 2 aromatic carbocycles. The standard InChI is InChI=1S/C19H20ClN5O/c1-2-26-15-9-7-14(8-10-15)25-19-17(21)18(23-12-24-19)22-11-13-5-3-4-6-16(13)20/h3-10,12H,2,11,21H2,1H3,(H2,22,23,24,25). The average Bonchev–Trinajstić information content (AvgIpc) is 2.65. The van der Waals surface area contributed by atoms with Crippen molar-refractivity contribution in [2.75, 3.05) is 23.0 Å². The highest BCUT2D eigenvalue weighted by atomic mass is 35.5. The molecule has 0 saturated heterocycles. The minimum Gasteiger partial charge on any atom is -0.494 e. The van der Waals surface area contributed by atoms with Gasteiger partial charge in [0.2, 0.25) is 0 Å². The van der Waals surface area contributed by atoms with Crippen LogP contribution in [-0.2, 0) is 6.54 Å². The van der Waals surface area contributed by atoms with Crippen LogP contribution in [-0.4, -0.2) is 16.6 Å². The molecule has 4 N–H and O–H groups in total. The maximum atomic E-state index is 6.20. The van der Waals surface area contributed by atoms with Gasteiger partial charge in [-0.05, 0) is 42.8 Å². The van der Waals surface area contributed by atoms with E-state index in [1.165, 1.54) is 6.33 Å². The third-order valence-electron chi connectivity index (χ3n) is 3.72. The number of nitrogens with zero attached hydrogens (tertiary/aromatic N) is 2. The van der Waals surface area contributed by atoms with Crippen molar-refractivity contribution >= 4 is 34.6 Å². The second kappa shape index (κ2) is 8.40. The van der Waals surface area contributed by atoms with Crippen LogP contribution >= 0.6 is 11.6 Å². The van der Waals surface area contributed by atoms with Gasteiger partial charge in [0.1, 0.15) is 17.8 Å². The van der Waals surface area contributed by atoms with Crippen molar-refractivity contribution in [2.24, 2.45) is 0 Å². The van der Waals surface area contributed by atoms with E-state index in [9.17, 15) is 0 Å². The molecule has 7 heteroatoms. The zero-order valence-corrected chi connectivity index (χ0v) is 15.1. The molecule has 0 fully saturated rings. The highest BCUT2D eigenvalue weighted by molar-refractivity contribution is 6.31. The van der Waals surface area contributed by atoms with Crippen LogP contribution in [0.1, 0.15) is 12.5 Å². The Morgan fingerprint density at radius 2 is 1.77 bits per heavy atom. The first-order valence-electron chi connectivity index (χ1n) is 8.25. The predicted molar refractivity (Wildman–Crippen MR) is 106 cm³/mol. The molecule has 0 bridgehead atoms. The second-order valence-corrected chi connectivity index (χ2v) is 5.92. The summed E-state index contributed by atoms with van der Waals surface area (Å²) in [6.07, 6.45) is 1.46. The molecule has 0 saturated carbocycles. The number of nitrogens with one attached hydrogen (secondary N) is 2. The molecule has 0 amide bonds. The van der Waals surface area contributed by atoms with Crippen LogP contribution in [0.15, 0.2) is 54.9 Å². The van der Waals surface area contributed by atoms with Crippen LogP contribution in [0, 0.1) is 0 Å². The highest BCUT2D eigenvalue weighted by Gasteiger charge is 2.09. The number of benzene rings is 2. The van der Waals surface area contributed by atoms with Crippen LogP contribution in [0.3, 0.4) is 0 Å². The Balaban J connectivity index is 1.71. The Labute approximate surface area is 157 Å². The van der Waals surface area contributed by atoms with E-state index in [-0.39, 0.29) is 0 Å². The Morgan fingerprint density at radius 3 is 2.50 bits per heavy atom. The van der Waals surface area contributed by atoms with Crippen molar-refractivity contribution < 1.29 is 4.74 Å². The number of anilines is 4. The third-order valence-corrected chi connectivity index (χ3v) is 4.08. The summed E-state index contributed by atoms with van der Waals surface area (Å²) in [5.74, 6) is 1.90. The van der Waals surface area contributed by atoms with Crippen molar-refractivity contribution in [1.82, 2.24) is 9.97 Å². The summed E-state index contributed by atoms with van der Waals surface area (Å²) in [4.78, 5) is 8.43. The zero-order chi connectivity index (χ0) is 18.4. The van der Waals surface area contributed by atoms with Crippen LogP contribution < -0.4 is 21.1 Å². The lowest BCUT2D eigenvalue weighted by Gasteiger charge is -2.13. The van der Waals surface area contributed by atoms with Crippen LogP contribution in [0.25, 0.3) is 0 Å². The van der Waals surface area contributed by atoms with Crippen molar-refractivity contribution in [3.05, 3.63) is 65.4 Å².